The Balaban J connectivity index is 2.88. The van der Waals surface area contributed by atoms with Gasteiger partial charge in [0.15, 0.2) is 5.78 Å². The van der Waals surface area contributed by atoms with E-state index in [1.54, 1.807) is 6.92 Å². The lowest BCUT2D eigenvalue weighted by molar-refractivity contribution is -0.274. The van der Waals surface area contributed by atoms with Gasteiger partial charge in [0.2, 0.25) is 0 Å². The molecule has 0 aliphatic rings. The molecule has 0 saturated heterocycles. The first-order chi connectivity index (χ1) is 6.92. The van der Waals surface area contributed by atoms with Gasteiger partial charge >= 0.3 is 6.36 Å². The Hall–Kier alpha value is -1.52. The van der Waals surface area contributed by atoms with Crippen LogP contribution in [0.4, 0.5) is 13.2 Å². The normalized spacial score (nSPS) is 11.2. The third-order valence-corrected chi connectivity index (χ3v) is 1.71. The molecule has 0 heterocycles. The van der Waals surface area contributed by atoms with E-state index in [-0.39, 0.29) is 23.5 Å². The number of ketones is 1. The van der Waals surface area contributed by atoms with E-state index in [1.807, 2.05) is 0 Å². The van der Waals surface area contributed by atoms with E-state index in [4.69, 9.17) is 0 Å². The molecular weight excluding hydrogens is 209 g/mol. The molecule has 0 aliphatic carbocycles. The van der Waals surface area contributed by atoms with Crippen molar-refractivity contribution in [2.45, 2.75) is 19.7 Å². The summed E-state index contributed by atoms with van der Waals surface area (Å²) in [6, 6.07) is 5.04. The van der Waals surface area contributed by atoms with Crippen molar-refractivity contribution in [1.29, 1.82) is 0 Å². The lowest BCUT2D eigenvalue weighted by Crippen LogP contribution is -2.17. The summed E-state index contributed by atoms with van der Waals surface area (Å²) in [5.74, 6) is -0.593. The number of hydrogen-bond donors (Lipinski definition) is 0. The van der Waals surface area contributed by atoms with Gasteiger partial charge in [-0.25, -0.2) is 0 Å². The second-order valence-corrected chi connectivity index (χ2v) is 2.85. The van der Waals surface area contributed by atoms with E-state index in [0.29, 0.717) is 0 Å². The molecule has 0 N–H and O–H groups in total. The van der Waals surface area contributed by atoms with Gasteiger partial charge in [-0.1, -0.05) is 19.1 Å². The Morgan fingerprint density at radius 2 is 2.07 bits per heavy atom. The van der Waals surface area contributed by atoms with Crippen molar-refractivity contribution in [2.75, 3.05) is 0 Å². The van der Waals surface area contributed by atoms with Gasteiger partial charge in [-0.3, -0.25) is 4.79 Å². The van der Waals surface area contributed by atoms with E-state index in [1.165, 1.54) is 12.1 Å². The van der Waals surface area contributed by atoms with Crippen LogP contribution in [0.3, 0.4) is 0 Å². The first-order valence-corrected chi connectivity index (χ1v) is 4.31. The number of halogens is 3. The third kappa shape index (κ3) is 3.61. The molecule has 0 amide bonds. The SMILES string of the molecule is CCC(=O)c1cccc(OC(F)(F)F)c1. The number of carbonyl (C=O) groups excluding carboxylic acids is 1. The van der Waals surface area contributed by atoms with Crippen LogP contribution in [-0.2, 0) is 0 Å². The fourth-order valence-electron chi connectivity index (χ4n) is 1.07. The van der Waals surface area contributed by atoms with E-state index < -0.39 is 6.36 Å². The van der Waals surface area contributed by atoms with Crippen LogP contribution in [0.25, 0.3) is 0 Å². The average molecular weight is 218 g/mol. The lowest BCUT2D eigenvalue weighted by Gasteiger charge is -2.09. The van der Waals surface area contributed by atoms with Gasteiger partial charge in [0.05, 0.1) is 0 Å². The highest BCUT2D eigenvalue weighted by Crippen LogP contribution is 2.23. The molecule has 0 saturated carbocycles. The summed E-state index contributed by atoms with van der Waals surface area (Å²) in [4.78, 5) is 11.2. The zero-order valence-electron chi connectivity index (χ0n) is 7.97. The number of rotatable bonds is 3. The Morgan fingerprint density at radius 1 is 1.40 bits per heavy atom. The van der Waals surface area contributed by atoms with E-state index in [0.717, 1.165) is 12.1 Å². The van der Waals surface area contributed by atoms with Crippen LogP contribution in [0.1, 0.15) is 23.7 Å². The fraction of sp³-hybridized carbons (Fsp3) is 0.300. The minimum atomic E-state index is -4.73. The molecule has 0 aliphatic heterocycles. The maximum Gasteiger partial charge on any atom is 0.573 e. The molecular formula is C10H9F3O2. The van der Waals surface area contributed by atoms with Crippen molar-refractivity contribution in [1.82, 2.24) is 0 Å². The fourth-order valence-corrected chi connectivity index (χ4v) is 1.07. The Kier molecular flexibility index (Phi) is 3.34. The van der Waals surface area contributed by atoms with Crippen LogP contribution in [0, 0.1) is 0 Å². The molecule has 0 bridgehead atoms. The molecule has 5 heteroatoms. The summed E-state index contributed by atoms with van der Waals surface area (Å²) in [6.45, 7) is 1.64. The van der Waals surface area contributed by atoms with Crippen LogP contribution >= 0.6 is 0 Å². The van der Waals surface area contributed by atoms with Gasteiger partial charge in [0.25, 0.3) is 0 Å². The van der Waals surface area contributed by atoms with Crippen LogP contribution in [0.2, 0.25) is 0 Å². The van der Waals surface area contributed by atoms with Gasteiger partial charge in [-0.15, -0.1) is 13.2 Å². The average Bonchev–Trinajstić information content (AvgIpc) is 2.14. The highest BCUT2D eigenvalue weighted by Gasteiger charge is 2.31. The minimum Gasteiger partial charge on any atom is -0.406 e. The van der Waals surface area contributed by atoms with Gasteiger partial charge in [-0.05, 0) is 12.1 Å². The molecule has 1 aromatic rings. The molecule has 0 atom stereocenters. The summed E-state index contributed by atoms with van der Waals surface area (Å²) in [5.41, 5.74) is 0.222. The Labute approximate surface area is 84.7 Å². The number of benzene rings is 1. The summed E-state index contributed by atoms with van der Waals surface area (Å²) < 4.78 is 39.2. The molecule has 0 aromatic heterocycles. The molecule has 0 spiro atoms. The largest absolute Gasteiger partial charge is 0.573 e. The van der Waals surface area contributed by atoms with Crippen LogP contribution < -0.4 is 4.74 Å². The van der Waals surface area contributed by atoms with Crippen molar-refractivity contribution in [3.63, 3.8) is 0 Å². The van der Waals surface area contributed by atoms with Crippen molar-refractivity contribution in [3.8, 4) is 5.75 Å². The Morgan fingerprint density at radius 3 is 2.60 bits per heavy atom. The van der Waals surface area contributed by atoms with Gasteiger partial charge in [-0.2, -0.15) is 0 Å². The Bertz CT molecular complexity index is 358. The topological polar surface area (TPSA) is 26.3 Å². The molecule has 1 rings (SSSR count). The summed E-state index contributed by atoms with van der Waals surface area (Å²) in [5, 5.41) is 0. The number of hydrogen-bond acceptors (Lipinski definition) is 2. The summed E-state index contributed by atoms with van der Waals surface area (Å²) in [7, 11) is 0. The van der Waals surface area contributed by atoms with Crippen LogP contribution in [0.15, 0.2) is 24.3 Å². The van der Waals surface area contributed by atoms with E-state index >= 15 is 0 Å². The maximum atomic E-state index is 11.8. The predicted molar refractivity (Wildman–Crippen MR) is 47.7 cm³/mol. The second kappa shape index (κ2) is 4.33. The highest BCUT2D eigenvalue weighted by molar-refractivity contribution is 5.96. The smallest absolute Gasteiger partial charge is 0.406 e. The molecule has 0 fully saturated rings. The van der Waals surface area contributed by atoms with Gasteiger partial charge in [0, 0.05) is 12.0 Å². The monoisotopic (exact) mass is 218 g/mol. The van der Waals surface area contributed by atoms with Crippen molar-refractivity contribution in [3.05, 3.63) is 29.8 Å². The summed E-state index contributed by atoms with van der Waals surface area (Å²) in [6.07, 6.45) is -4.48. The first kappa shape index (κ1) is 11.6. The first-order valence-electron chi connectivity index (χ1n) is 4.31. The number of alkyl halides is 3. The van der Waals surface area contributed by atoms with Crippen molar-refractivity contribution >= 4 is 5.78 Å². The zero-order valence-corrected chi connectivity index (χ0v) is 7.97. The summed E-state index contributed by atoms with van der Waals surface area (Å²) >= 11 is 0. The number of ether oxygens (including phenoxy) is 1. The molecule has 2 nitrogen and oxygen atoms in total. The molecule has 15 heavy (non-hydrogen) atoms. The minimum absolute atomic E-state index is 0.220. The predicted octanol–water partition coefficient (Wildman–Crippen LogP) is 3.18. The van der Waals surface area contributed by atoms with E-state index in [2.05, 4.69) is 4.74 Å². The van der Waals surface area contributed by atoms with Crippen LogP contribution in [-0.4, -0.2) is 12.1 Å². The lowest BCUT2D eigenvalue weighted by atomic mass is 10.1. The molecule has 0 unspecified atom stereocenters. The number of Topliss-reactive ketones (excluding diaryl/α,β-unsaturated/α-hetero) is 1. The van der Waals surface area contributed by atoms with Crippen LogP contribution in [0.5, 0.6) is 5.75 Å². The highest BCUT2D eigenvalue weighted by atomic mass is 19.4. The molecule has 1 aromatic carbocycles. The quantitative estimate of drug-likeness (QED) is 0.728. The second-order valence-electron chi connectivity index (χ2n) is 2.85. The molecule has 0 radical (unpaired) electrons. The third-order valence-electron chi connectivity index (χ3n) is 1.71. The van der Waals surface area contributed by atoms with Gasteiger partial charge in [0.1, 0.15) is 5.75 Å². The standard InChI is InChI=1S/C10H9F3O2/c1-2-9(14)7-4-3-5-8(6-7)15-10(11,12)13/h3-6H,2H2,1H3. The van der Waals surface area contributed by atoms with Crippen molar-refractivity contribution < 1.29 is 22.7 Å². The van der Waals surface area contributed by atoms with Crippen molar-refractivity contribution in [2.24, 2.45) is 0 Å². The maximum absolute atomic E-state index is 11.8. The molecule has 82 valence electrons. The zero-order chi connectivity index (χ0) is 11.5. The van der Waals surface area contributed by atoms with E-state index in [9.17, 15) is 18.0 Å². The number of carbonyl (C=O) groups is 1. The van der Waals surface area contributed by atoms with Gasteiger partial charge < -0.3 is 4.74 Å².